The predicted octanol–water partition coefficient (Wildman–Crippen LogP) is 15.6. The maximum absolute atomic E-state index is 6.29. The van der Waals surface area contributed by atoms with Gasteiger partial charge in [-0.2, -0.15) is 0 Å². The van der Waals surface area contributed by atoms with E-state index in [1.54, 1.807) is 0 Å². The van der Waals surface area contributed by atoms with Crippen LogP contribution in [0.15, 0.2) is 223 Å². The maximum atomic E-state index is 6.29. The minimum absolute atomic E-state index is 0.856. The summed E-state index contributed by atoms with van der Waals surface area (Å²) in [6.07, 6.45) is 13.3. The fourth-order valence-electron chi connectivity index (χ4n) is 7.40. The van der Waals surface area contributed by atoms with Crippen LogP contribution in [0.3, 0.4) is 0 Å². The summed E-state index contributed by atoms with van der Waals surface area (Å²) in [6.45, 7) is 0. The molecule has 9 aromatic rings. The second-order valence-electron chi connectivity index (χ2n) is 14.6. The van der Waals surface area contributed by atoms with Gasteiger partial charge < -0.3 is 4.42 Å². The molecule has 0 saturated carbocycles. The van der Waals surface area contributed by atoms with Crippen molar-refractivity contribution in [2.75, 3.05) is 0 Å². The van der Waals surface area contributed by atoms with Gasteiger partial charge in [-0.25, -0.2) is 0 Å². The van der Waals surface area contributed by atoms with Crippen molar-refractivity contribution in [3.63, 3.8) is 0 Å². The summed E-state index contributed by atoms with van der Waals surface area (Å²) in [5.41, 5.74) is 15.9. The zero-order valence-corrected chi connectivity index (χ0v) is 32.7. The third kappa shape index (κ3) is 8.97. The zero-order valence-electron chi connectivity index (χ0n) is 32.7. The van der Waals surface area contributed by atoms with Crippen LogP contribution in [0, 0.1) is 0 Å². The lowest BCUT2D eigenvalue weighted by Crippen LogP contribution is -1.88. The summed E-state index contributed by atoms with van der Waals surface area (Å²) in [6, 6.07) is 76.7. The molecule has 0 aliphatic rings. The molecule has 0 aliphatic heterocycles. The van der Waals surface area contributed by atoms with E-state index >= 15 is 0 Å². The number of hydrogen-bond acceptors (Lipinski definition) is 1. The van der Waals surface area contributed by atoms with Crippen molar-refractivity contribution >= 4 is 58.6 Å². The van der Waals surface area contributed by atoms with Crippen molar-refractivity contribution in [2.24, 2.45) is 0 Å². The van der Waals surface area contributed by atoms with Gasteiger partial charge in [0.15, 0.2) is 0 Å². The molecule has 280 valence electrons. The van der Waals surface area contributed by atoms with Crippen LogP contribution in [0.5, 0.6) is 0 Å². The normalized spacial score (nSPS) is 11.3. The summed E-state index contributed by atoms with van der Waals surface area (Å²) in [4.78, 5) is 0. The van der Waals surface area contributed by atoms with Crippen LogP contribution in [0.1, 0.15) is 55.6 Å². The van der Waals surface area contributed by atoms with Crippen LogP contribution < -0.4 is 0 Å². The average Bonchev–Trinajstić information content (AvgIpc) is 3.75. The van der Waals surface area contributed by atoms with Crippen LogP contribution in [0.2, 0.25) is 0 Å². The molecular formula is C58H42O. The van der Waals surface area contributed by atoms with E-state index in [1.807, 2.05) is 18.2 Å². The van der Waals surface area contributed by atoms with Gasteiger partial charge in [-0.1, -0.05) is 224 Å². The van der Waals surface area contributed by atoms with Crippen molar-refractivity contribution in [1.82, 2.24) is 0 Å². The van der Waals surface area contributed by atoms with Crippen LogP contribution in [-0.4, -0.2) is 0 Å². The Morgan fingerprint density at radius 2 is 0.729 bits per heavy atom. The maximum Gasteiger partial charge on any atom is 0.135 e. The first kappa shape index (κ1) is 36.9. The van der Waals surface area contributed by atoms with Gasteiger partial charge in [-0.15, -0.1) is 0 Å². The van der Waals surface area contributed by atoms with Crippen LogP contribution in [-0.2, 0) is 0 Å². The third-order valence-electron chi connectivity index (χ3n) is 10.5. The monoisotopic (exact) mass is 754 g/mol. The zero-order chi connectivity index (χ0) is 39.6. The number of furan rings is 1. The van der Waals surface area contributed by atoms with Gasteiger partial charge in [0, 0.05) is 10.9 Å². The Morgan fingerprint density at radius 1 is 0.322 bits per heavy atom. The topological polar surface area (TPSA) is 13.1 Å². The van der Waals surface area contributed by atoms with Crippen molar-refractivity contribution < 1.29 is 4.42 Å². The first-order valence-electron chi connectivity index (χ1n) is 20.1. The molecule has 0 radical (unpaired) electrons. The lowest BCUT2D eigenvalue weighted by molar-refractivity contribution is 0.631. The Balaban J connectivity index is 1.01. The van der Waals surface area contributed by atoms with Gasteiger partial charge in [-0.3, -0.25) is 0 Å². The highest BCUT2D eigenvalue weighted by Gasteiger charge is 2.10. The molecular weight excluding hydrogens is 713 g/mol. The van der Waals surface area contributed by atoms with Crippen LogP contribution >= 0.6 is 0 Å². The lowest BCUT2D eigenvalue weighted by atomic mass is 9.95. The molecule has 0 aliphatic carbocycles. The number of benzene rings is 8. The Kier molecular flexibility index (Phi) is 11.0. The number of rotatable bonds is 11. The molecule has 59 heavy (non-hydrogen) atoms. The van der Waals surface area contributed by atoms with Gasteiger partial charge in [0.25, 0.3) is 0 Å². The van der Waals surface area contributed by atoms with Gasteiger partial charge in [-0.05, 0) is 97.1 Å². The number of para-hydroxylation sites is 1. The van der Waals surface area contributed by atoms with E-state index in [-0.39, 0.29) is 0 Å². The number of hydrogen-bond donors (Lipinski definition) is 0. The van der Waals surface area contributed by atoms with E-state index in [0.717, 1.165) is 55.7 Å². The molecule has 1 heterocycles. The molecule has 0 spiro atoms. The first-order chi connectivity index (χ1) is 29.2. The van der Waals surface area contributed by atoms with Crippen LogP contribution in [0.4, 0.5) is 0 Å². The lowest BCUT2D eigenvalue weighted by Gasteiger charge is -2.09. The Labute approximate surface area is 346 Å². The second kappa shape index (κ2) is 17.6. The smallest absolute Gasteiger partial charge is 0.135 e. The van der Waals surface area contributed by atoms with E-state index in [0.29, 0.717) is 0 Å². The molecule has 0 N–H and O–H groups in total. The Morgan fingerprint density at radius 3 is 1.19 bits per heavy atom. The molecule has 1 nitrogen and oxygen atoms in total. The molecule has 1 aromatic heterocycles. The predicted molar refractivity (Wildman–Crippen MR) is 252 cm³/mol. The molecule has 0 bridgehead atoms. The third-order valence-corrected chi connectivity index (χ3v) is 10.5. The second-order valence-corrected chi connectivity index (χ2v) is 14.6. The molecule has 0 atom stereocenters. The highest BCUT2D eigenvalue weighted by Crippen LogP contribution is 2.32. The Hall–Kier alpha value is -7.74. The van der Waals surface area contributed by atoms with Gasteiger partial charge in [0.05, 0.1) is 0 Å². The van der Waals surface area contributed by atoms with Crippen molar-refractivity contribution in [3.05, 3.63) is 274 Å². The van der Waals surface area contributed by atoms with Gasteiger partial charge in [0.1, 0.15) is 11.3 Å². The SMILES string of the molecule is C(=Cc1ccc(-c2cc3ccccc3o2)cc1C=Cc1ccc(C=C(c2ccccc2)c2ccccc2)cc1)c1ccc(C=C(c2ccccc2)c2ccccc2)cc1. The largest absolute Gasteiger partial charge is 0.456 e. The quantitative estimate of drug-likeness (QED) is 0.120. The van der Waals surface area contributed by atoms with E-state index in [9.17, 15) is 0 Å². The highest BCUT2D eigenvalue weighted by atomic mass is 16.3. The van der Waals surface area contributed by atoms with Crippen molar-refractivity contribution in [1.29, 1.82) is 0 Å². The minimum Gasteiger partial charge on any atom is -0.456 e. The summed E-state index contributed by atoms with van der Waals surface area (Å²) in [5.74, 6) is 0.856. The summed E-state index contributed by atoms with van der Waals surface area (Å²) < 4.78 is 6.29. The summed E-state index contributed by atoms with van der Waals surface area (Å²) in [7, 11) is 0. The van der Waals surface area contributed by atoms with E-state index in [1.165, 1.54) is 33.4 Å². The molecule has 0 unspecified atom stereocenters. The Bertz CT molecular complexity index is 2790. The fraction of sp³-hybridized carbons (Fsp3) is 0. The minimum atomic E-state index is 0.856. The molecule has 8 aromatic carbocycles. The van der Waals surface area contributed by atoms with Gasteiger partial charge >= 0.3 is 0 Å². The van der Waals surface area contributed by atoms with E-state index < -0.39 is 0 Å². The van der Waals surface area contributed by atoms with Crippen LogP contribution in [0.25, 0.3) is 69.9 Å². The average molecular weight is 755 g/mol. The van der Waals surface area contributed by atoms with E-state index in [2.05, 4.69) is 237 Å². The highest BCUT2D eigenvalue weighted by molar-refractivity contribution is 5.93. The van der Waals surface area contributed by atoms with Crippen molar-refractivity contribution in [3.8, 4) is 11.3 Å². The molecule has 0 saturated heterocycles. The van der Waals surface area contributed by atoms with E-state index in [4.69, 9.17) is 4.42 Å². The van der Waals surface area contributed by atoms with Crippen molar-refractivity contribution in [2.45, 2.75) is 0 Å². The molecule has 9 rings (SSSR count). The first-order valence-corrected chi connectivity index (χ1v) is 20.1. The summed E-state index contributed by atoms with van der Waals surface area (Å²) >= 11 is 0. The summed E-state index contributed by atoms with van der Waals surface area (Å²) in [5, 5.41) is 1.10. The number of fused-ring (bicyclic) bond motifs is 1. The van der Waals surface area contributed by atoms with Gasteiger partial charge in [0.2, 0.25) is 0 Å². The molecule has 0 amide bonds. The fourth-order valence-corrected chi connectivity index (χ4v) is 7.40. The standard InChI is InChI=1S/C58H42O/c1-5-15-48(16-6-1)55(49-17-7-2-8-18-49)39-45-29-25-43(26-30-45)33-35-47-37-38-54(58-42-53-23-13-14-24-57(53)59-58)41-52(47)36-34-44-27-31-46(32-28-44)40-56(50-19-9-3-10-20-50)51-21-11-4-12-22-51/h1-42H. The molecule has 1 heteroatoms. The molecule has 0 fully saturated rings.